The van der Waals surface area contributed by atoms with Gasteiger partial charge in [-0.3, -0.25) is 0 Å². The molecular formula is C12H16N4O. The third kappa shape index (κ3) is 1.86. The van der Waals surface area contributed by atoms with Gasteiger partial charge in [-0.25, -0.2) is 4.52 Å². The zero-order valence-corrected chi connectivity index (χ0v) is 10.1. The highest BCUT2D eigenvalue weighted by atomic mass is 16.5. The topological polar surface area (TPSA) is 51.5 Å². The van der Waals surface area contributed by atoms with Crippen LogP contribution in [0.2, 0.25) is 0 Å². The van der Waals surface area contributed by atoms with Gasteiger partial charge in [0.25, 0.3) is 0 Å². The van der Waals surface area contributed by atoms with E-state index in [1.165, 1.54) is 0 Å². The number of pyridine rings is 1. The van der Waals surface area contributed by atoms with E-state index in [1.807, 2.05) is 29.6 Å². The molecule has 0 saturated carbocycles. The third-order valence-corrected chi connectivity index (χ3v) is 3.24. The van der Waals surface area contributed by atoms with Crippen LogP contribution in [0.1, 0.15) is 19.0 Å². The Balaban J connectivity index is 1.88. The first-order chi connectivity index (χ1) is 8.24. The van der Waals surface area contributed by atoms with Gasteiger partial charge in [0.15, 0.2) is 5.65 Å². The summed E-state index contributed by atoms with van der Waals surface area (Å²) in [6, 6.07) is 6.28. The number of fused-ring (bicyclic) bond motifs is 1. The molecule has 0 radical (unpaired) electrons. The molecule has 0 amide bonds. The monoisotopic (exact) mass is 232 g/mol. The molecule has 0 bridgehead atoms. The SMILES string of the molecule is Cc1cccc2nc(NC3CCOC3C)nn12. The zero-order chi connectivity index (χ0) is 11.8. The molecule has 2 atom stereocenters. The van der Waals surface area contributed by atoms with E-state index in [-0.39, 0.29) is 6.10 Å². The average Bonchev–Trinajstić information content (AvgIpc) is 2.87. The van der Waals surface area contributed by atoms with Crippen LogP contribution < -0.4 is 5.32 Å². The third-order valence-electron chi connectivity index (χ3n) is 3.24. The summed E-state index contributed by atoms with van der Waals surface area (Å²) in [5, 5.41) is 7.79. The molecule has 0 spiro atoms. The number of aryl methyl sites for hydroxylation is 1. The minimum atomic E-state index is 0.225. The zero-order valence-electron chi connectivity index (χ0n) is 10.1. The molecule has 0 aromatic carbocycles. The van der Waals surface area contributed by atoms with Gasteiger partial charge in [0.2, 0.25) is 5.95 Å². The molecule has 3 heterocycles. The number of nitrogens with zero attached hydrogens (tertiary/aromatic N) is 3. The van der Waals surface area contributed by atoms with Crippen LogP contribution in [0.5, 0.6) is 0 Å². The lowest BCUT2D eigenvalue weighted by Gasteiger charge is -2.13. The molecule has 2 unspecified atom stereocenters. The molecule has 17 heavy (non-hydrogen) atoms. The maximum atomic E-state index is 5.51. The van der Waals surface area contributed by atoms with Crippen molar-refractivity contribution in [2.45, 2.75) is 32.4 Å². The second kappa shape index (κ2) is 4.00. The van der Waals surface area contributed by atoms with E-state index in [1.54, 1.807) is 0 Å². The number of ether oxygens (including phenoxy) is 1. The minimum Gasteiger partial charge on any atom is -0.376 e. The highest BCUT2D eigenvalue weighted by Crippen LogP contribution is 2.17. The lowest BCUT2D eigenvalue weighted by Crippen LogP contribution is -2.27. The summed E-state index contributed by atoms with van der Waals surface area (Å²) in [6.45, 7) is 4.91. The Bertz CT molecular complexity index is 536. The van der Waals surface area contributed by atoms with Crippen molar-refractivity contribution >= 4 is 11.6 Å². The van der Waals surface area contributed by atoms with Crippen LogP contribution in [0, 0.1) is 6.92 Å². The summed E-state index contributed by atoms with van der Waals surface area (Å²) >= 11 is 0. The number of hydrogen-bond donors (Lipinski definition) is 1. The fourth-order valence-electron chi connectivity index (χ4n) is 2.18. The Kier molecular flexibility index (Phi) is 2.48. The van der Waals surface area contributed by atoms with Gasteiger partial charge in [0.1, 0.15) is 0 Å². The van der Waals surface area contributed by atoms with Crippen molar-refractivity contribution in [3.05, 3.63) is 23.9 Å². The van der Waals surface area contributed by atoms with Crippen LogP contribution in [0.3, 0.4) is 0 Å². The van der Waals surface area contributed by atoms with Crippen LogP contribution in [-0.2, 0) is 4.74 Å². The lowest BCUT2D eigenvalue weighted by molar-refractivity contribution is 0.121. The Hall–Kier alpha value is -1.62. The van der Waals surface area contributed by atoms with Gasteiger partial charge >= 0.3 is 0 Å². The van der Waals surface area contributed by atoms with Gasteiger partial charge in [-0.2, -0.15) is 4.98 Å². The maximum absolute atomic E-state index is 5.51. The van der Waals surface area contributed by atoms with Crippen LogP contribution >= 0.6 is 0 Å². The van der Waals surface area contributed by atoms with E-state index in [4.69, 9.17) is 4.74 Å². The first kappa shape index (κ1) is 10.5. The normalized spacial score (nSPS) is 24.4. The van der Waals surface area contributed by atoms with Crippen LogP contribution in [0.25, 0.3) is 5.65 Å². The summed E-state index contributed by atoms with van der Waals surface area (Å²) in [5.41, 5.74) is 1.96. The van der Waals surface area contributed by atoms with Crippen molar-refractivity contribution in [3.63, 3.8) is 0 Å². The number of rotatable bonds is 2. The average molecular weight is 232 g/mol. The molecule has 2 aromatic heterocycles. The summed E-state index contributed by atoms with van der Waals surface area (Å²) in [6.07, 6.45) is 1.23. The Labute approximate surface area is 99.8 Å². The predicted octanol–water partition coefficient (Wildman–Crippen LogP) is 1.63. The van der Waals surface area contributed by atoms with Crippen molar-refractivity contribution < 1.29 is 4.74 Å². The largest absolute Gasteiger partial charge is 0.376 e. The summed E-state index contributed by atoms with van der Waals surface area (Å²) in [7, 11) is 0. The van der Waals surface area contributed by atoms with Gasteiger partial charge < -0.3 is 10.1 Å². The lowest BCUT2D eigenvalue weighted by atomic mass is 10.2. The van der Waals surface area contributed by atoms with Crippen LogP contribution in [-0.4, -0.2) is 33.4 Å². The van der Waals surface area contributed by atoms with E-state index < -0.39 is 0 Å². The molecule has 1 fully saturated rings. The first-order valence-corrected chi connectivity index (χ1v) is 5.94. The van der Waals surface area contributed by atoms with Gasteiger partial charge in [-0.1, -0.05) is 6.07 Å². The van der Waals surface area contributed by atoms with Gasteiger partial charge in [-0.05, 0) is 32.4 Å². The van der Waals surface area contributed by atoms with E-state index >= 15 is 0 Å². The molecule has 3 rings (SSSR count). The molecule has 1 aliphatic rings. The van der Waals surface area contributed by atoms with Crippen LogP contribution in [0.4, 0.5) is 5.95 Å². The van der Waals surface area contributed by atoms with E-state index in [0.29, 0.717) is 12.0 Å². The molecule has 2 aromatic rings. The molecular weight excluding hydrogens is 216 g/mol. The van der Waals surface area contributed by atoms with Gasteiger partial charge in [-0.15, -0.1) is 5.10 Å². The highest BCUT2D eigenvalue weighted by Gasteiger charge is 2.25. The van der Waals surface area contributed by atoms with Crippen molar-refractivity contribution in [2.75, 3.05) is 11.9 Å². The van der Waals surface area contributed by atoms with E-state index in [0.717, 1.165) is 24.4 Å². The molecule has 5 nitrogen and oxygen atoms in total. The molecule has 90 valence electrons. The first-order valence-electron chi connectivity index (χ1n) is 5.94. The quantitative estimate of drug-likeness (QED) is 0.855. The van der Waals surface area contributed by atoms with Gasteiger partial charge in [0.05, 0.1) is 12.1 Å². The number of aromatic nitrogens is 3. The number of nitrogens with one attached hydrogen (secondary N) is 1. The fraction of sp³-hybridized carbons (Fsp3) is 0.500. The molecule has 5 heteroatoms. The number of anilines is 1. The second-order valence-corrected chi connectivity index (χ2v) is 4.49. The van der Waals surface area contributed by atoms with E-state index in [2.05, 4.69) is 22.3 Å². The second-order valence-electron chi connectivity index (χ2n) is 4.49. The standard InChI is InChI=1S/C12H16N4O/c1-8-4-3-5-11-14-12(15-16(8)11)13-10-6-7-17-9(10)2/h3-5,9-10H,6-7H2,1-2H3,(H,13,15). The smallest absolute Gasteiger partial charge is 0.243 e. The van der Waals surface area contributed by atoms with Crippen molar-refractivity contribution in [1.29, 1.82) is 0 Å². The summed E-state index contributed by atoms with van der Waals surface area (Å²) in [5.74, 6) is 0.682. The summed E-state index contributed by atoms with van der Waals surface area (Å²) < 4.78 is 7.36. The van der Waals surface area contributed by atoms with Crippen molar-refractivity contribution in [1.82, 2.24) is 14.6 Å². The van der Waals surface area contributed by atoms with E-state index in [9.17, 15) is 0 Å². The predicted molar refractivity (Wildman–Crippen MR) is 65.2 cm³/mol. The number of hydrogen-bond acceptors (Lipinski definition) is 4. The Morgan fingerprint density at radius 3 is 3.06 bits per heavy atom. The summed E-state index contributed by atoms with van der Waals surface area (Å²) in [4.78, 5) is 4.46. The highest BCUT2D eigenvalue weighted by molar-refractivity contribution is 5.44. The molecule has 0 aliphatic carbocycles. The molecule has 1 saturated heterocycles. The Morgan fingerprint density at radius 2 is 2.35 bits per heavy atom. The van der Waals surface area contributed by atoms with Crippen molar-refractivity contribution in [2.24, 2.45) is 0 Å². The van der Waals surface area contributed by atoms with Crippen molar-refractivity contribution in [3.8, 4) is 0 Å². The Morgan fingerprint density at radius 1 is 1.47 bits per heavy atom. The van der Waals surface area contributed by atoms with Gasteiger partial charge in [0, 0.05) is 12.3 Å². The van der Waals surface area contributed by atoms with Crippen LogP contribution in [0.15, 0.2) is 18.2 Å². The minimum absolute atomic E-state index is 0.225. The molecule has 1 N–H and O–H groups in total. The molecule has 1 aliphatic heterocycles. The fourth-order valence-corrected chi connectivity index (χ4v) is 2.18. The maximum Gasteiger partial charge on any atom is 0.243 e.